The van der Waals surface area contributed by atoms with Crippen LogP contribution >= 0.6 is 0 Å². The van der Waals surface area contributed by atoms with Gasteiger partial charge in [0.25, 0.3) is 0 Å². The summed E-state index contributed by atoms with van der Waals surface area (Å²) < 4.78 is 31.4. The van der Waals surface area contributed by atoms with Gasteiger partial charge in [-0.1, -0.05) is 5.16 Å². The minimum absolute atomic E-state index is 0.00828. The predicted molar refractivity (Wildman–Crippen MR) is 107 cm³/mol. The maximum atomic E-state index is 12.7. The van der Waals surface area contributed by atoms with Crippen molar-refractivity contribution >= 4 is 27.3 Å². The van der Waals surface area contributed by atoms with Gasteiger partial charge < -0.3 is 14.7 Å². The van der Waals surface area contributed by atoms with Crippen molar-refractivity contribution in [3.8, 4) is 0 Å². The Morgan fingerprint density at radius 1 is 1.25 bits per heavy atom. The average Bonchev–Trinajstić information content (AvgIpc) is 3.26. The molecule has 0 unspecified atom stereocenters. The van der Waals surface area contributed by atoms with Crippen molar-refractivity contribution in [3.05, 3.63) is 35.2 Å². The molecule has 0 spiro atoms. The van der Waals surface area contributed by atoms with Gasteiger partial charge in [-0.2, -0.15) is 4.31 Å². The van der Waals surface area contributed by atoms with Gasteiger partial charge in [0, 0.05) is 31.5 Å². The number of anilines is 2. The van der Waals surface area contributed by atoms with Crippen LogP contribution in [0.1, 0.15) is 29.9 Å². The Hall–Kier alpha value is -2.39. The van der Waals surface area contributed by atoms with Crippen molar-refractivity contribution in [2.45, 2.75) is 38.5 Å². The minimum Gasteiger partial charge on any atom is -0.372 e. The third kappa shape index (κ3) is 4.05. The van der Waals surface area contributed by atoms with Gasteiger partial charge in [-0.25, -0.2) is 8.42 Å². The lowest BCUT2D eigenvalue weighted by Gasteiger charge is -2.20. The number of amides is 1. The highest BCUT2D eigenvalue weighted by atomic mass is 32.2. The van der Waals surface area contributed by atoms with Gasteiger partial charge in [-0.15, -0.1) is 0 Å². The number of likely N-dealkylation sites (N-methyl/N-ethyl adjacent to an activating group) is 1. The first-order valence-corrected chi connectivity index (χ1v) is 10.7. The van der Waals surface area contributed by atoms with Crippen molar-refractivity contribution in [2.75, 3.05) is 36.9 Å². The second kappa shape index (κ2) is 7.92. The fourth-order valence-corrected chi connectivity index (χ4v) is 4.85. The SMILES string of the molecule is Cc1cc(N2CCCC2)ccc1NC(=O)CN(C)S(=O)(=O)c1c(C)noc1C. The summed E-state index contributed by atoms with van der Waals surface area (Å²) in [4.78, 5) is 14.8. The molecule has 2 heterocycles. The number of hydrogen-bond donors (Lipinski definition) is 1. The number of rotatable bonds is 6. The van der Waals surface area contributed by atoms with E-state index in [0.29, 0.717) is 5.69 Å². The molecule has 152 valence electrons. The standard InChI is InChI=1S/C19H26N4O4S/c1-13-11-16(23-9-5-6-10-23)7-8-17(13)20-18(24)12-22(4)28(25,26)19-14(2)21-27-15(19)3/h7-8,11H,5-6,9-10,12H2,1-4H3,(H,20,24). The van der Waals surface area contributed by atoms with Gasteiger partial charge in [-0.3, -0.25) is 4.79 Å². The summed E-state index contributed by atoms with van der Waals surface area (Å²) in [5.41, 5.74) is 3.04. The van der Waals surface area contributed by atoms with Gasteiger partial charge in [0.15, 0.2) is 5.76 Å². The molecule has 1 aromatic carbocycles. The molecule has 1 aliphatic heterocycles. The number of aryl methyl sites for hydroxylation is 3. The summed E-state index contributed by atoms with van der Waals surface area (Å²) >= 11 is 0. The van der Waals surface area contributed by atoms with Gasteiger partial charge in [-0.05, 0) is 57.4 Å². The molecule has 1 amide bonds. The lowest BCUT2D eigenvalue weighted by molar-refractivity contribution is -0.116. The predicted octanol–water partition coefficient (Wildman–Crippen LogP) is 2.46. The van der Waals surface area contributed by atoms with Crippen LogP contribution in [0.3, 0.4) is 0 Å². The lowest BCUT2D eigenvalue weighted by Crippen LogP contribution is -2.35. The number of benzene rings is 1. The normalized spacial score (nSPS) is 14.7. The Morgan fingerprint density at radius 2 is 1.93 bits per heavy atom. The van der Waals surface area contributed by atoms with Crippen LogP contribution in [-0.2, 0) is 14.8 Å². The highest BCUT2D eigenvalue weighted by molar-refractivity contribution is 7.89. The summed E-state index contributed by atoms with van der Waals surface area (Å²) in [5.74, 6) is -0.201. The van der Waals surface area contributed by atoms with Crippen molar-refractivity contribution in [3.63, 3.8) is 0 Å². The van der Waals surface area contributed by atoms with Crippen LogP contribution in [0.15, 0.2) is 27.6 Å². The zero-order valence-electron chi connectivity index (χ0n) is 16.7. The maximum absolute atomic E-state index is 12.7. The maximum Gasteiger partial charge on any atom is 0.248 e. The summed E-state index contributed by atoms with van der Waals surface area (Å²) in [6, 6.07) is 5.90. The molecule has 0 aliphatic carbocycles. The molecular formula is C19H26N4O4S. The van der Waals surface area contributed by atoms with E-state index < -0.39 is 15.9 Å². The van der Waals surface area contributed by atoms with E-state index in [1.54, 1.807) is 6.92 Å². The number of sulfonamides is 1. The zero-order valence-corrected chi connectivity index (χ0v) is 17.5. The fraction of sp³-hybridized carbons (Fsp3) is 0.474. The Kier molecular flexibility index (Phi) is 5.76. The number of carbonyl (C=O) groups is 1. The first-order chi connectivity index (χ1) is 13.2. The molecule has 1 saturated heterocycles. The monoisotopic (exact) mass is 406 g/mol. The highest BCUT2D eigenvalue weighted by Crippen LogP contribution is 2.26. The topological polar surface area (TPSA) is 95.8 Å². The highest BCUT2D eigenvalue weighted by Gasteiger charge is 2.29. The van der Waals surface area contributed by atoms with E-state index in [2.05, 4.69) is 15.4 Å². The van der Waals surface area contributed by atoms with Gasteiger partial charge in [0.2, 0.25) is 15.9 Å². The molecule has 1 aromatic heterocycles. The van der Waals surface area contributed by atoms with Gasteiger partial charge >= 0.3 is 0 Å². The Morgan fingerprint density at radius 3 is 2.50 bits per heavy atom. The molecule has 1 aliphatic rings. The van der Waals surface area contributed by atoms with Gasteiger partial charge in [0.1, 0.15) is 10.6 Å². The number of hydrogen-bond acceptors (Lipinski definition) is 6. The van der Waals surface area contributed by atoms with Crippen LogP contribution in [-0.4, -0.2) is 50.5 Å². The number of aromatic nitrogens is 1. The summed E-state index contributed by atoms with van der Waals surface area (Å²) in [6.07, 6.45) is 2.40. The minimum atomic E-state index is -3.86. The Balaban J connectivity index is 1.68. The first-order valence-electron chi connectivity index (χ1n) is 9.25. The molecule has 1 fully saturated rings. The van der Waals surface area contributed by atoms with Crippen LogP contribution < -0.4 is 10.2 Å². The van der Waals surface area contributed by atoms with Gasteiger partial charge in [0.05, 0.1) is 6.54 Å². The molecule has 9 heteroatoms. The van der Waals surface area contributed by atoms with Crippen LogP contribution in [0.2, 0.25) is 0 Å². The molecular weight excluding hydrogens is 380 g/mol. The summed E-state index contributed by atoms with van der Waals surface area (Å²) in [6.45, 7) is 6.82. The number of nitrogens with zero attached hydrogens (tertiary/aromatic N) is 3. The van der Waals surface area contributed by atoms with Crippen molar-refractivity contribution < 1.29 is 17.7 Å². The largest absolute Gasteiger partial charge is 0.372 e. The fourth-order valence-electron chi connectivity index (χ4n) is 3.44. The number of nitrogens with one attached hydrogen (secondary N) is 1. The quantitative estimate of drug-likeness (QED) is 0.792. The van der Waals surface area contributed by atoms with Crippen LogP contribution in [0, 0.1) is 20.8 Å². The van der Waals surface area contributed by atoms with E-state index in [1.807, 2.05) is 25.1 Å². The first kappa shape index (κ1) is 20.3. The third-order valence-electron chi connectivity index (χ3n) is 4.96. The van der Waals surface area contributed by atoms with E-state index in [-0.39, 0.29) is 22.9 Å². The van der Waals surface area contributed by atoms with Crippen molar-refractivity contribution in [2.24, 2.45) is 0 Å². The van der Waals surface area contributed by atoms with E-state index in [1.165, 1.54) is 26.8 Å². The molecule has 1 N–H and O–H groups in total. The molecule has 0 radical (unpaired) electrons. The van der Waals surface area contributed by atoms with E-state index >= 15 is 0 Å². The van der Waals surface area contributed by atoms with E-state index in [9.17, 15) is 13.2 Å². The van der Waals surface area contributed by atoms with Crippen molar-refractivity contribution in [1.29, 1.82) is 0 Å². The molecule has 0 atom stereocenters. The van der Waals surface area contributed by atoms with E-state index in [4.69, 9.17) is 4.52 Å². The second-order valence-electron chi connectivity index (χ2n) is 7.16. The zero-order chi connectivity index (χ0) is 20.5. The van der Waals surface area contributed by atoms with Crippen LogP contribution in [0.5, 0.6) is 0 Å². The Bertz CT molecular complexity index is 958. The van der Waals surface area contributed by atoms with Crippen LogP contribution in [0.25, 0.3) is 0 Å². The number of carbonyl (C=O) groups excluding carboxylic acids is 1. The molecule has 8 nitrogen and oxygen atoms in total. The third-order valence-corrected chi connectivity index (χ3v) is 7.01. The average molecular weight is 407 g/mol. The molecule has 3 rings (SSSR count). The lowest BCUT2D eigenvalue weighted by atomic mass is 10.1. The molecule has 0 saturated carbocycles. The Labute approximate surface area is 165 Å². The summed E-state index contributed by atoms with van der Waals surface area (Å²) in [5, 5.41) is 6.48. The smallest absolute Gasteiger partial charge is 0.248 e. The molecule has 28 heavy (non-hydrogen) atoms. The van der Waals surface area contributed by atoms with Crippen LogP contribution in [0.4, 0.5) is 11.4 Å². The second-order valence-corrected chi connectivity index (χ2v) is 9.14. The van der Waals surface area contributed by atoms with E-state index in [0.717, 1.165) is 28.6 Å². The van der Waals surface area contributed by atoms with Crippen molar-refractivity contribution in [1.82, 2.24) is 9.46 Å². The summed E-state index contributed by atoms with van der Waals surface area (Å²) in [7, 11) is -2.50. The molecule has 0 bridgehead atoms. The molecule has 2 aromatic rings.